The highest BCUT2D eigenvalue weighted by Crippen LogP contribution is 2.14. The topological polar surface area (TPSA) is 74.3 Å². The summed E-state index contributed by atoms with van der Waals surface area (Å²) in [4.78, 5) is 30.3. The lowest BCUT2D eigenvalue weighted by Crippen LogP contribution is -2.31. The molecule has 0 aliphatic carbocycles. The number of rotatable bonds is 7. The maximum absolute atomic E-state index is 12.3. The van der Waals surface area contributed by atoms with Gasteiger partial charge in [-0.05, 0) is 31.8 Å². The minimum atomic E-state index is -0.310. The average Bonchev–Trinajstić information content (AvgIpc) is 2.60. The third-order valence-corrected chi connectivity index (χ3v) is 3.87. The van der Waals surface area contributed by atoms with E-state index in [1.165, 1.54) is 18.5 Å². The van der Waals surface area contributed by atoms with E-state index in [1.807, 2.05) is 37.2 Å². The Morgan fingerprint density at radius 1 is 1.08 bits per heavy atom. The molecule has 0 aliphatic rings. The van der Waals surface area contributed by atoms with Gasteiger partial charge in [-0.1, -0.05) is 29.8 Å². The van der Waals surface area contributed by atoms with E-state index in [0.717, 1.165) is 12.1 Å². The van der Waals surface area contributed by atoms with Crippen molar-refractivity contribution in [3.63, 3.8) is 0 Å². The molecule has 0 saturated heterocycles. The first-order chi connectivity index (χ1) is 12.0. The van der Waals surface area contributed by atoms with Crippen molar-refractivity contribution < 1.29 is 9.59 Å². The van der Waals surface area contributed by atoms with Gasteiger partial charge in [0, 0.05) is 37.1 Å². The fourth-order valence-electron chi connectivity index (χ4n) is 2.10. The molecule has 0 spiro atoms. The van der Waals surface area contributed by atoms with Gasteiger partial charge >= 0.3 is 0 Å². The summed E-state index contributed by atoms with van der Waals surface area (Å²) in [7, 11) is 3.86. The van der Waals surface area contributed by atoms with Crippen LogP contribution in [0.15, 0.2) is 42.7 Å². The number of pyridine rings is 1. The van der Waals surface area contributed by atoms with Gasteiger partial charge in [0.2, 0.25) is 0 Å². The van der Waals surface area contributed by atoms with Crippen LogP contribution in [0.3, 0.4) is 0 Å². The number of halogens is 1. The van der Waals surface area contributed by atoms with E-state index in [9.17, 15) is 9.59 Å². The molecule has 1 heterocycles. The molecule has 0 atom stereocenters. The van der Waals surface area contributed by atoms with Crippen molar-refractivity contribution in [1.82, 2.24) is 20.5 Å². The zero-order chi connectivity index (χ0) is 18.2. The molecule has 2 N–H and O–H groups in total. The predicted molar refractivity (Wildman–Crippen MR) is 97.7 cm³/mol. The largest absolute Gasteiger partial charge is 0.351 e. The Bertz CT molecular complexity index is 749. The van der Waals surface area contributed by atoms with Crippen LogP contribution in [-0.4, -0.2) is 48.9 Å². The molecule has 0 radical (unpaired) electrons. The Morgan fingerprint density at radius 3 is 2.36 bits per heavy atom. The quantitative estimate of drug-likeness (QED) is 0.791. The van der Waals surface area contributed by atoms with Crippen LogP contribution in [0, 0.1) is 0 Å². The number of carbonyl (C=O) groups is 2. The number of amides is 2. The van der Waals surface area contributed by atoms with E-state index in [0.29, 0.717) is 29.2 Å². The number of nitrogens with one attached hydrogen (secondary N) is 2. The molecule has 1 aromatic carbocycles. The first-order valence-corrected chi connectivity index (χ1v) is 8.24. The second-order valence-corrected chi connectivity index (χ2v) is 6.20. The third kappa shape index (κ3) is 5.85. The van der Waals surface area contributed by atoms with Gasteiger partial charge in [0.1, 0.15) is 0 Å². The van der Waals surface area contributed by atoms with Crippen LogP contribution in [0.5, 0.6) is 0 Å². The standard InChI is InChI=1S/C18H21ClN4O2/c1-23(2)8-7-21-17(24)14-9-15(11-20-10-14)18(25)22-12-13-5-3-4-6-16(13)19/h3-6,9-11H,7-8,12H2,1-2H3,(H,21,24)(H,22,25). The highest BCUT2D eigenvalue weighted by Gasteiger charge is 2.11. The van der Waals surface area contributed by atoms with Gasteiger partial charge < -0.3 is 15.5 Å². The summed E-state index contributed by atoms with van der Waals surface area (Å²) in [5, 5.41) is 6.16. The SMILES string of the molecule is CN(C)CCNC(=O)c1cncc(C(=O)NCc2ccccc2Cl)c1. The van der Waals surface area contributed by atoms with E-state index >= 15 is 0 Å². The van der Waals surface area contributed by atoms with Crippen molar-refractivity contribution in [3.05, 3.63) is 64.4 Å². The summed E-state index contributed by atoms with van der Waals surface area (Å²) in [6.07, 6.45) is 2.87. The van der Waals surface area contributed by atoms with Crippen LogP contribution in [0.25, 0.3) is 0 Å². The fraction of sp³-hybridized carbons (Fsp3) is 0.278. The van der Waals surface area contributed by atoms with E-state index in [-0.39, 0.29) is 11.8 Å². The molecule has 2 rings (SSSR count). The van der Waals surface area contributed by atoms with Gasteiger partial charge in [0.05, 0.1) is 11.1 Å². The Hall–Kier alpha value is -2.44. The van der Waals surface area contributed by atoms with E-state index in [4.69, 9.17) is 11.6 Å². The van der Waals surface area contributed by atoms with Crippen molar-refractivity contribution in [2.45, 2.75) is 6.54 Å². The molecule has 2 amide bonds. The minimum Gasteiger partial charge on any atom is -0.351 e. The fourth-order valence-corrected chi connectivity index (χ4v) is 2.31. The van der Waals surface area contributed by atoms with E-state index in [2.05, 4.69) is 15.6 Å². The molecular formula is C18H21ClN4O2. The number of hydrogen-bond acceptors (Lipinski definition) is 4. The Balaban J connectivity index is 1.96. The van der Waals surface area contributed by atoms with Gasteiger partial charge in [-0.25, -0.2) is 0 Å². The van der Waals surface area contributed by atoms with Gasteiger partial charge in [-0.15, -0.1) is 0 Å². The number of carbonyl (C=O) groups excluding carboxylic acids is 2. The maximum atomic E-state index is 12.3. The Morgan fingerprint density at radius 2 is 1.72 bits per heavy atom. The maximum Gasteiger partial charge on any atom is 0.253 e. The van der Waals surface area contributed by atoms with Crippen molar-refractivity contribution >= 4 is 23.4 Å². The van der Waals surface area contributed by atoms with Crippen LogP contribution >= 0.6 is 11.6 Å². The van der Waals surface area contributed by atoms with Gasteiger partial charge in [0.25, 0.3) is 11.8 Å². The summed E-state index contributed by atoms with van der Waals surface area (Å²) in [5.41, 5.74) is 1.50. The summed E-state index contributed by atoms with van der Waals surface area (Å²) in [5.74, 6) is -0.564. The number of likely N-dealkylation sites (N-methyl/N-ethyl adjacent to an activating group) is 1. The van der Waals surface area contributed by atoms with Crippen molar-refractivity contribution in [1.29, 1.82) is 0 Å². The number of benzene rings is 1. The highest BCUT2D eigenvalue weighted by atomic mass is 35.5. The second-order valence-electron chi connectivity index (χ2n) is 5.80. The monoisotopic (exact) mass is 360 g/mol. The molecule has 25 heavy (non-hydrogen) atoms. The molecule has 1 aromatic heterocycles. The van der Waals surface area contributed by atoms with Crippen molar-refractivity contribution in [2.24, 2.45) is 0 Å². The first-order valence-electron chi connectivity index (χ1n) is 7.87. The lowest BCUT2D eigenvalue weighted by atomic mass is 10.1. The summed E-state index contributed by atoms with van der Waals surface area (Å²) >= 11 is 6.07. The summed E-state index contributed by atoms with van der Waals surface area (Å²) in [6.45, 7) is 1.56. The van der Waals surface area contributed by atoms with Gasteiger partial charge in [-0.3, -0.25) is 14.6 Å². The Kier molecular flexibility index (Phi) is 6.91. The number of aromatic nitrogens is 1. The lowest BCUT2D eigenvalue weighted by Gasteiger charge is -2.11. The molecular weight excluding hydrogens is 340 g/mol. The molecule has 0 fully saturated rings. The molecule has 0 unspecified atom stereocenters. The van der Waals surface area contributed by atoms with Gasteiger partial charge in [-0.2, -0.15) is 0 Å². The average molecular weight is 361 g/mol. The Labute approximate surface area is 152 Å². The zero-order valence-corrected chi connectivity index (χ0v) is 15.0. The molecule has 0 bridgehead atoms. The molecule has 0 aliphatic heterocycles. The van der Waals surface area contributed by atoms with Crippen LogP contribution in [-0.2, 0) is 6.54 Å². The molecule has 2 aromatic rings. The molecule has 6 nitrogen and oxygen atoms in total. The van der Waals surface area contributed by atoms with E-state index < -0.39 is 0 Å². The van der Waals surface area contributed by atoms with Crippen LogP contribution in [0.4, 0.5) is 0 Å². The van der Waals surface area contributed by atoms with Crippen LogP contribution in [0.2, 0.25) is 5.02 Å². The van der Waals surface area contributed by atoms with Crippen molar-refractivity contribution in [3.8, 4) is 0 Å². The number of nitrogens with zero attached hydrogens (tertiary/aromatic N) is 2. The smallest absolute Gasteiger partial charge is 0.253 e. The lowest BCUT2D eigenvalue weighted by molar-refractivity contribution is 0.0950. The van der Waals surface area contributed by atoms with Crippen molar-refractivity contribution in [2.75, 3.05) is 27.2 Å². The summed E-state index contributed by atoms with van der Waals surface area (Å²) < 4.78 is 0. The predicted octanol–water partition coefficient (Wildman–Crippen LogP) is 1.96. The zero-order valence-electron chi connectivity index (χ0n) is 14.3. The summed E-state index contributed by atoms with van der Waals surface area (Å²) in [6, 6.07) is 8.82. The second kappa shape index (κ2) is 9.15. The number of hydrogen-bond donors (Lipinski definition) is 2. The van der Waals surface area contributed by atoms with Gasteiger partial charge in [0.15, 0.2) is 0 Å². The molecule has 0 saturated carbocycles. The highest BCUT2D eigenvalue weighted by molar-refractivity contribution is 6.31. The normalized spacial score (nSPS) is 10.6. The van der Waals surface area contributed by atoms with E-state index in [1.54, 1.807) is 6.07 Å². The van der Waals surface area contributed by atoms with Crippen LogP contribution in [0.1, 0.15) is 26.3 Å². The van der Waals surface area contributed by atoms with Crippen LogP contribution < -0.4 is 10.6 Å². The first kappa shape index (κ1) is 18.9. The minimum absolute atomic E-state index is 0.255. The molecule has 132 valence electrons. The third-order valence-electron chi connectivity index (χ3n) is 3.50. The molecule has 7 heteroatoms.